The van der Waals surface area contributed by atoms with Crippen molar-refractivity contribution in [3.05, 3.63) is 87.7 Å². The van der Waals surface area contributed by atoms with Crippen LogP contribution in [-0.2, 0) is 6.42 Å². The fourth-order valence-corrected chi connectivity index (χ4v) is 3.63. The second-order valence-corrected chi connectivity index (χ2v) is 7.89. The van der Waals surface area contributed by atoms with E-state index < -0.39 is 0 Å². The van der Waals surface area contributed by atoms with E-state index in [1.807, 2.05) is 43.3 Å². The molecule has 31 heavy (non-hydrogen) atoms. The van der Waals surface area contributed by atoms with Crippen molar-refractivity contribution in [3.63, 3.8) is 0 Å². The third-order valence-electron chi connectivity index (χ3n) is 4.59. The largest absolute Gasteiger partial charge is 0.494 e. The van der Waals surface area contributed by atoms with Crippen molar-refractivity contribution in [2.24, 2.45) is 0 Å². The number of ether oxygens (including phenoxy) is 1. The number of halogens is 2. The summed E-state index contributed by atoms with van der Waals surface area (Å²) in [5.74, 6) is 1.03. The smallest absolute Gasteiger partial charge is 0.255 e. The van der Waals surface area contributed by atoms with E-state index in [0.29, 0.717) is 57.1 Å². The van der Waals surface area contributed by atoms with Gasteiger partial charge in [0.2, 0.25) is 0 Å². The molecule has 4 rings (SSSR count). The molecule has 158 valence electrons. The second kappa shape index (κ2) is 9.41. The van der Waals surface area contributed by atoms with Crippen LogP contribution in [0.4, 0.5) is 5.69 Å². The first-order valence-corrected chi connectivity index (χ1v) is 10.6. The van der Waals surface area contributed by atoms with Crippen molar-refractivity contribution in [3.8, 4) is 5.75 Å². The molecule has 7 heteroatoms. The summed E-state index contributed by atoms with van der Waals surface area (Å²) in [6, 6.07) is 18.0. The molecule has 0 unspecified atom stereocenters. The summed E-state index contributed by atoms with van der Waals surface area (Å²) in [5, 5.41) is 3.85. The Kier molecular flexibility index (Phi) is 6.44. The summed E-state index contributed by atoms with van der Waals surface area (Å²) in [6.07, 6.45) is 1.40. The molecule has 0 bridgehead atoms. The number of aromatic nitrogens is 1. The van der Waals surface area contributed by atoms with Crippen molar-refractivity contribution < 1.29 is 13.9 Å². The molecule has 0 aliphatic carbocycles. The average Bonchev–Trinajstić information content (AvgIpc) is 3.16. The van der Waals surface area contributed by atoms with Gasteiger partial charge in [0.15, 0.2) is 11.5 Å². The van der Waals surface area contributed by atoms with Gasteiger partial charge < -0.3 is 14.5 Å². The number of carbonyl (C=O) groups excluding carboxylic acids is 1. The van der Waals surface area contributed by atoms with Gasteiger partial charge in [0.05, 0.1) is 11.6 Å². The van der Waals surface area contributed by atoms with Gasteiger partial charge in [-0.3, -0.25) is 4.79 Å². The zero-order chi connectivity index (χ0) is 21.8. The number of nitrogens with zero attached hydrogens (tertiary/aromatic N) is 1. The average molecular weight is 455 g/mol. The number of nitrogens with one attached hydrogen (secondary N) is 1. The minimum absolute atomic E-state index is 0.194. The Morgan fingerprint density at radius 2 is 1.90 bits per heavy atom. The molecule has 0 spiro atoms. The second-order valence-electron chi connectivity index (χ2n) is 7.05. The van der Waals surface area contributed by atoms with Crippen molar-refractivity contribution in [2.75, 3.05) is 11.9 Å². The van der Waals surface area contributed by atoms with Gasteiger partial charge in [-0.05, 0) is 54.4 Å². The number of hydrogen-bond donors (Lipinski definition) is 1. The Labute approximate surface area is 189 Å². The molecule has 0 atom stereocenters. The summed E-state index contributed by atoms with van der Waals surface area (Å²) >= 11 is 12.2. The normalized spacial score (nSPS) is 10.9. The number of benzene rings is 3. The lowest BCUT2D eigenvalue weighted by molar-refractivity contribution is 0.102. The molecular formula is C24H20Cl2N2O3. The van der Waals surface area contributed by atoms with E-state index in [0.717, 1.165) is 12.0 Å². The van der Waals surface area contributed by atoms with Crippen LogP contribution in [0.2, 0.25) is 10.0 Å². The van der Waals surface area contributed by atoms with Crippen molar-refractivity contribution in [1.82, 2.24) is 4.98 Å². The highest BCUT2D eigenvalue weighted by Gasteiger charge is 2.12. The van der Waals surface area contributed by atoms with Gasteiger partial charge in [0.25, 0.3) is 5.91 Å². The number of carbonyl (C=O) groups is 1. The molecule has 1 aromatic heterocycles. The van der Waals surface area contributed by atoms with Gasteiger partial charge in [-0.2, -0.15) is 0 Å². The Morgan fingerprint density at radius 1 is 1.10 bits per heavy atom. The van der Waals surface area contributed by atoms with Crippen LogP contribution >= 0.6 is 23.2 Å². The Morgan fingerprint density at radius 3 is 2.68 bits per heavy atom. The highest BCUT2D eigenvalue weighted by molar-refractivity contribution is 6.37. The quantitative estimate of drug-likeness (QED) is 0.334. The maximum absolute atomic E-state index is 12.6. The van der Waals surface area contributed by atoms with Gasteiger partial charge in [0, 0.05) is 22.7 Å². The van der Waals surface area contributed by atoms with Gasteiger partial charge >= 0.3 is 0 Å². The van der Waals surface area contributed by atoms with E-state index in [9.17, 15) is 4.79 Å². The lowest BCUT2D eigenvalue weighted by atomic mass is 10.1. The first-order chi connectivity index (χ1) is 15.0. The zero-order valence-electron chi connectivity index (χ0n) is 16.8. The molecule has 0 saturated heterocycles. The first-order valence-electron chi connectivity index (χ1n) is 9.89. The monoisotopic (exact) mass is 454 g/mol. The van der Waals surface area contributed by atoms with Crippen LogP contribution in [0.3, 0.4) is 0 Å². The molecule has 3 aromatic carbocycles. The minimum atomic E-state index is -0.194. The standard InChI is InChI=1S/C24H20Cl2N2O3/c1-2-10-30-19-5-3-4-16(12-19)24(29)27-18-8-6-15(7-9-18)11-22-28-21-14-17(25)13-20(26)23(21)31-22/h3-9,12-14H,2,10-11H2,1H3,(H,27,29). The SMILES string of the molecule is CCCOc1cccc(C(=O)Nc2ccc(Cc3nc4cc(Cl)cc(Cl)c4o3)cc2)c1. The highest BCUT2D eigenvalue weighted by Crippen LogP contribution is 2.29. The van der Waals surface area contributed by atoms with Crippen LogP contribution in [-0.4, -0.2) is 17.5 Å². The van der Waals surface area contributed by atoms with Crippen LogP contribution in [0, 0.1) is 0 Å². The molecule has 0 saturated carbocycles. The molecule has 1 heterocycles. The molecule has 0 aliphatic rings. The van der Waals surface area contributed by atoms with E-state index in [2.05, 4.69) is 10.3 Å². The van der Waals surface area contributed by atoms with Crippen molar-refractivity contribution in [1.29, 1.82) is 0 Å². The molecule has 0 radical (unpaired) electrons. The van der Waals surface area contributed by atoms with Crippen LogP contribution in [0.25, 0.3) is 11.1 Å². The van der Waals surface area contributed by atoms with Gasteiger partial charge in [0.1, 0.15) is 11.3 Å². The third-order valence-corrected chi connectivity index (χ3v) is 5.09. The van der Waals surface area contributed by atoms with Crippen LogP contribution in [0.5, 0.6) is 5.75 Å². The van der Waals surface area contributed by atoms with Crippen molar-refractivity contribution >= 4 is 45.9 Å². The number of hydrogen-bond acceptors (Lipinski definition) is 4. The Bertz CT molecular complexity index is 1220. The topological polar surface area (TPSA) is 64.4 Å². The molecule has 5 nitrogen and oxygen atoms in total. The molecule has 4 aromatic rings. The number of rotatable bonds is 7. The molecule has 0 fully saturated rings. The predicted octanol–water partition coefficient (Wildman–Crippen LogP) is 6.77. The maximum atomic E-state index is 12.6. The van der Waals surface area contributed by atoms with Crippen LogP contribution < -0.4 is 10.1 Å². The summed E-state index contributed by atoms with van der Waals surface area (Å²) in [4.78, 5) is 17.0. The van der Waals surface area contributed by atoms with Crippen LogP contribution in [0.1, 0.15) is 35.2 Å². The Balaban J connectivity index is 1.42. The van der Waals surface area contributed by atoms with E-state index in [-0.39, 0.29) is 5.91 Å². The number of amides is 1. The predicted molar refractivity (Wildman–Crippen MR) is 123 cm³/mol. The minimum Gasteiger partial charge on any atom is -0.494 e. The van der Waals surface area contributed by atoms with E-state index >= 15 is 0 Å². The third kappa shape index (κ3) is 5.19. The molecular weight excluding hydrogens is 435 g/mol. The zero-order valence-corrected chi connectivity index (χ0v) is 18.3. The van der Waals surface area contributed by atoms with E-state index in [1.165, 1.54) is 0 Å². The highest BCUT2D eigenvalue weighted by atomic mass is 35.5. The fraction of sp³-hybridized carbons (Fsp3) is 0.167. The van der Waals surface area contributed by atoms with E-state index in [1.54, 1.807) is 24.3 Å². The molecule has 0 aliphatic heterocycles. The summed E-state index contributed by atoms with van der Waals surface area (Å²) < 4.78 is 11.4. The van der Waals surface area contributed by atoms with Gasteiger partial charge in [-0.1, -0.05) is 48.3 Å². The van der Waals surface area contributed by atoms with Crippen LogP contribution in [0.15, 0.2) is 65.1 Å². The lowest BCUT2D eigenvalue weighted by Crippen LogP contribution is -2.12. The van der Waals surface area contributed by atoms with Gasteiger partial charge in [-0.15, -0.1) is 0 Å². The van der Waals surface area contributed by atoms with Gasteiger partial charge in [-0.25, -0.2) is 4.98 Å². The summed E-state index contributed by atoms with van der Waals surface area (Å²) in [5.41, 5.74) is 3.37. The molecule has 1 N–H and O–H groups in total. The lowest BCUT2D eigenvalue weighted by Gasteiger charge is -2.08. The maximum Gasteiger partial charge on any atom is 0.255 e. The number of anilines is 1. The number of oxazole rings is 1. The van der Waals surface area contributed by atoms with E-state index in [4.69, 9.17) is 32.4 Å². The summed E-state index contributed by atoms with van der Waals surface area (Å²) in [6.45, 7) is 2.65. The fourth-order valence-electron chi connectivity index (χ4n) is 3.11. The first kappa shape index (κ1) is 21.2. The molecule has 1 amide bonds. The Hall–Kier alpha value is -3.02. The van der Waals surface area contributed by atoms with Crippen molar-refractivity contribution in [2.45, 2.75) is 19.8 Å². The summed E-state index contributed by atoms with van der Waals surface area (Å²) in [7, 11) is 0. The number of fused-ring (bicyclic) bond motifs is 1.